The molecule has 0 amide bonds. The maximum Gasteiger partial charge on any atom is 0.159 e. The van der Waals surface area contributed by atoms with Crippen molar-refractivity contribution >= 4 is 5.78 Å². The summed E-state index contributed by atoms with van der Waals surface area (Å²) in [5.41, 5.74) is 0.711. The maximum absolute atomic E-state index is 11.1. The minimum atomic E-state index is 0.0725. The molecule has 1 heterocycles. The SMILES string of the molecule is CC(=O)c1ccc(OCCCCOCC2CO2)cc1. The van der Waals surface area contributed by atoms with E-state index in [0.717, 1.165) is 31.8 Å². The lowest BCUT2D eigenvalue weighted by molar-refractivity contribution is 0.101. The monoisotopic (exact) mass is 264 g/mol. The summed E-state index contributed by atoms with van der Waals surface area (Å²) in [7, 11) is 0. The molecule has 1 unspecified atom stereocenters. The summed E-state index contributed by atoms with van der Waals surface area (Å²) in [6.07, 6.45) is 2.29. The predicted octanol–water partition coefficient (Wildman–Crippen LogP) is 2.46. The summed E-state index contributed by atoms with van der Waals surface area (Å²) >= 11 is 0. The zero-order chi connectivity index (χ0) is 13.5. The molecule has 0 saturated carbocycles. The zero-order valence-electron chi connectivity index (χ0n) is 11.3. The van der Waals surface area contributed by atoms with Crippen LogP contribution in [0, 0.1) is 0 Å². The van der Waals surface area contributed by atoms with Gasteiger partial charge in [0.15, 0.2) is 5.78 Å². The molecule has 0 N–H and O–H groups in total. The molecule has 1 fully saturated rings. The average molecular weight is 264 g/mol. The second-order valence-corrected chi connectivity index (χ2v) is 4.67. The van der Waals surface area contributed by atoms with Crippen molar-refractivity contribution in [2.45, 2.75) is 25.9 Å². The molecule has 0 radical (unpaired) electrons. The van der Waals surface area contributed by atoms with Gasteiger partial charge in [0.25, 0.3) is 0 Å². The van der Waals surface area contributed by atoms with Gasteiger partial charge in [0, 0.05) is 12.2 Å². The maximum atomic E-state index is 11.1. The van der Waals surface area contributed by atoms with Gasteiger partial charge in [-0.05, 0) is 44.0 Å². The van der Waals surface area contributed by atoms with Gasteiger partial charge in [-0.25, -0.2) is 0 Å². The summed E-state index contributed by atoms with van der Waals surface area (Å²) in [6.45, 7) is 4.55. The fourth-order valence-electron chi connectivity index (χ4n) is 1.66. The number of carbonyl (C=O) groups excluding carboxylic acids is 1. The van der Waals surface area contributed by atoms with Crippen molar-refractivity contribution in [2.24, 2.45) is 0 Å². The quantitative estimate of drug-likeness (QED) is 0.390. The van der Waals surface area contributed by atoms with Crippen molar-refractivity contribution in [3.05, 3.63) is 29.8 Å². The van der Waals surface area contributed by atoms with Crippen LogP contribution in [0.2, 0.25) is 0 Å². The highest BCUT2D eigenvalue weighted by molar-refractivity contribution is 5.94. The molecule has 4 nitrogen and oxygen atoms in total. The normalized spacial score (nSPS) is 17.2. The number of ether oxygens (including phenoxy) is 3. The van der Waals surface area contributed by atoms with Crippen LogP contribution in [0.15, 0.2) is 24.3 Å². The first-order valence-corrected chi connectivity index (χ1v) is 6.69. The third-order valence-corrected chi connectivity index (χ3v) is 2.92. The molecule has 104 valence electrons. The van der Waals surface area contributed by atoms with Gasteiger partial charge in [-0.2, -0.15) is 0 Å². The van der Waals surface area contributed by atoms with Crippen LogP contribution >= 0.6 is 0 Å². The zero-order valence-corrected chi connectivity index (χ0v) is 11.3. The summed E-state index contributed by atoms with van der Waals surface area (Å²) in [4.78, 5) is 11.1. The van der Waals surface area contributed by atoms with Crippen LogP contribution in [-0.4, -0.2) is 38.3 Å². The first kappa shape index (κ1) is 14.0. The van der Waals surface area contributed by atoms with Gasteiger partial charge in [-0.3, -0.25) is 4.79 Å². The molecule has 1 aromatic rings. The molecule has 1 aliphatic heterocycles. The number of unbranched alkanes of at least 4 members (excludes halogenated alkanes) is 1. The molecule has 0 bridgehead atoms. The Kier molecular flexibility index (Phi) is 5.36. The Labute approximate surface area is 113 Å². The van der Waals surface area contributed by atoms with Crippen molar-refractivity contribution in [1.82, 2.24) is 0 Å². The molecule has 1 atom stereocenters. The fraction of sp³-hybridized carbons (Fsp3) is 0.533. The van der Waals surface area contributed by atoms with Crippen molar-refractivity contribution < 1.29 is 19.0 Å². The van der Waals surface area contributed by atoms with Crippen molar-refractivity contribution in [2.75, 3.05) is 26.4 Å². The Morgan fingerprint density at radius 3 is 2.58 bits per heavy atom. The number of ketones is 1. The number of hydrogen-bond acceptors (Lipinski definition) is 4. The highest BCUT2D eigenvalue weighted by atomic mass is 16.6. The number of epoxide rings is 1. The number of benzene rings is 1. The van der Waals surface area contributed by atoms with E-state index < -0.39 is 0 Å². The third kappa shape index (κ3) is 5.41. The van der Waals surface area contributed by atoms with E-state index in [-0.39, 0.29) is 5.78 Å². The number of Topliss-reactive ketones (excluding diaryl/α,β-unsaturated/α-hetero) is 1. The highest BCUT2D eigenvalue weighted by Gasteiger charge is 2.21. The van der Waals surface area contributed by atoms with E-state index >= 15 is 0 Å². The standard InChI is InChI=1S/C15H20O4/c1-12(16)13-4-6-14(7-5-13)18-9-3-2-8-17-10-15-11-19-15/h4-7,15H,2-3,8-11H2,1H3. The summed E-state index contributed by atoms with van der Waals surface area (Å²) in [5.74, 6) is 0.876. The number of hydrogen-bond donors (Lipinski definition) is 0. The van der Waals surface area contributed by atoms with E-state index in [1.807, 2.05) is 12.1 Å². The second-order valence-electron chi connectivity index (χ2n) is 4.67. The summed E-state index contributed by atoms with van der Waals surface area (Å²) in [5, 5.41) is 0. The molecule has 19 heavy (non-hydrogen) atoms. The van der Waals surface area contributed by atoms with Gasteiger partial charge in [0.2, 0.25) is 0 Å². The molecule has 1 aliphatic rings. The summed E-state index contributed by atoms with van der Waals surface area (Å²) in [6, 6.07) is 7.24. The van der Waals surface area contributed by atoms with Gasteiger partial charge in [0.1, 0.15) is 11.9 Å². The van der Waals surface area contributed by atoms with E-state index in [2.05, 4.69) is 0 Å². The highest BCUT2D eigenvalue weighted by Crippen LogP contribution is 2.13. The van der Waals surface area contributed by atoms with Gasteiger partial charge < -0.3 is 14.2 Å². The Morgan fingerprint density at radius 2 is 1.95 bits per heavy atom. The molecule has 1 saturated heterocycles. The lowest BCUT2D eigenvalue weighted by Crippen LogP contribution is -2.05. The van der Waals surface area contributed by atoms with Gasteiger partial charge in [-0.1, -0.05) is 0 Å². The largest absolute Gasteiger partial charge is 0.494 e. The van der Waals surface area contributed by atoms with Crippen molar-refractivity contribution in [3.63, 3.8) is 0 Å². The molecular weight excluding hydrogens is 244 g/mol. The first-order chi connectivity index (χ1) is 9.25. The Morgan fingerprint density at radius 1 is 1.26 bits per heavy atom. The van der Waals surface area contributed by atoms with Crippen LogP contribution < -0.4 is 4.74 Å². The molecular formula is C15H20O4. The van der Waals surface area contributed by atoms with Crippen molar-refractivity contribution in [1.29, 1.82) is 0 Å². The molecule has 0 aromatic heterocycles. The molecule has 0 aliphatic carbocycles. The topological polar surface area (TPSA) is 48.1 Å². The third-order valence-electron chi connectivity index (χ3n) is 2.92. The minimum Gasteiger partial charge on any atom is -0.494 e. The van der Waals surface area contributed by atoms with E-state index in [4.69, 9.17) is 14.2 Å². The van der Waals surface area contributed by atoms with Gasteiger partial charge in [-0.15, -0.1) is 0 Å². The predicted molar refractivity (Wildman–Crippen MR) is 71.7 cm³/mol. The lowest BCUT2D eigenvalue weighted by Gasteiger charge is -2.06. The second kappa shape index (κ2) is 7.26. The molecule has 2 rings (SSSR count). The fourth-order valence-corrected chi connectivity index (χ4v) is 1.66. The van der Waals surface area contributed by atoms with E-state index in [0.29, 0.717) is 24.9 Å². The van der Waals surface area contributed by atoms with E-state index in [1.54, 1.807) is 19.1 Å². The summed E-state index contributed by atoms with van der Waals surface area (Å²) < 4.78 is 16.1. The minimum absolute atomic E-state index is 0.0725. The van der Waals surface area contributed by atoms with Crippen LogP contribution in [0.3, 0.4) is 0 Å². The van der Waals surface area contributed by atoms with Gasteiger partial charge >= 0.3 is 0 Å². The van der Waals surface area contributed by atoms with Crippen LogP contribution in [0.25, 0.3) is 0 Å². The Bertz CT molecular complexity index is 395. The smallest absolute Gasteiger partial charge is 0.159 e. The molecule has 4 heteroatoms. The van der Waals surface area contributed by atoms with Crippen LogP contribution in [0.5, 0.6) is 5.75 Å². The molecule has 1 aromatic carbocycles. The van der Waals surface area contributed by atoms with E-state index in [1.165, 1.54) is 0 Å². The van der Waals surface area contributed by atoms with Crippen LogP contribution in [-0.2, 0) is 9.47 Å². The van der Waals surface area contributed by atoms with Gasteiger partial charge in [0.05, 0.1) is 19.8 Å². The Hall–Kier alpha value is -1.39. The first-order valence-electron chi connectivity index (χ1n) is 6.69. The van der Waals surface area contributed by atoms with Crippen LogP contribution in [0.4, 0.5) is 0 Å². The van der Waals surface area contributed by atoms with E-state index in [9.17, 15) is 4.79 Å². The van der Waals surface area contributed by atoms with Crippen LogP contribution in [0.1, 0.15) is 30.1 Å². The molecule has 0 spiro atoms. The average Bonchev–Trinajstić information content (AvgIpc) is 3.22. The number of rotatable bonds is 9. The van der Waals surface area contributed by atoms with Crippen molar-refractivity contribution in [3.8, 4) is 5.75 Å². The Balaban J connectivity index is 1.53. The lowest BCUT2D eigenvalue weighted by atomic mass is 10.1. The number of carbonyl (C=O) groups is 1.